The number of carbonyl (C=O) groups excluding carboxylic acids is 1. The van der Waals surface area contributed by atoms with Crippen molar-refractivity contribution < 1.29 is 18.8 Å². The standard InChI is InChI=1S/C21H20ClFN4O4S.ClH/c1-12(2)31-19-10-18(17(23)9-16(19)22)25-21-26(3)15(11-32-21)8-20(28)24-13-4-6-14(7-5-13)27(29)30;/h4-7,9-12H,8H2,1-3H3,(H,24,28);1H. The summed E-state index contributed by atoms with van der Waals surface area (Å²) in [6, 6.07) is 8.15. The summed E-state index contributed by atoms with van der Waals surface area (Å²) in [6.07, 6.45) is -0.0887. The smallest absolute Gasteiger partial charge is 0.269 e. The summed E-state index contributed by atoms with van der Waals surface area (Å²) in [4.78, 5) is 27.4. The number of nitro benzene ring substituents is 1. The Morgan fingerprint density at radius 2 is 2.00 bits per heavy atom. The molecular weight excluding hydrogens is 494 g/mol. The maximum absolute atomic E-state index is 14.4. The summed E-state index contributed by atoms with van der Waals surface area (Å²) in [7, 11) is 1.73. The van der Waals surface area contributed by atoms with Gasteiger partial charge in [0.05, 0.1) is 22.5 Å². The fourth-order valence-electron chi connectivity index (χ4n) is 2.75. The molecule has 12 heteroatoms. The molecule has 0 aliphatic heterocycles. The minimum Gasteiger partial charge on any atom is -0.489 e. The highest BCUT2D eigenvalue weighted by atomic mass is 35.5. The van der Waals surface area contributed by atoms with Gasteiger partial charge in [0, 0.05) is 42.0 Å². The van der Waals surface area contributed by atoms with E-state index in [9.17, 15) is 19.3 Å². The lowest BCUT2D eigenvalue weighted by molar-refractivity contribution is -0.384. The number of rotatable bonds is 7. The van der Waals surface area contributed by atoms with Gasteiger partial charge in [-0.25, -0.2) is 9.38 Å². The maximum Gasteiger partial charge on any atom is 0.269 e. The Balaban J connectivity index is 0.00000385. The lowest BCUT2D eigenvalue weighted by atomic mass is 10.2. The zero-order valence-corrected chi connectivity index (χ0v) is 20.3. The van der Waals surface area contributed by atoms with Crippen LogP contribution in [0.3, 0.4) is 0 Å². The van der Waals surface area contributed by atoms with Gasteiger partial charge in [0.2, 0.25) is 5.91 Å². The summed E-state index contributed by atoms with van der Waals surface area (Å²) >= 11 is 7.30. The van der Waals surface area contributed by atoms with Crippen LogP contribution in [0.25, 0.3) is 0 Å². The number of ether oxygens (including phenoxy) is 1. The molecular formula is C21H21Cl2FN4O4S. The Morgan fingerprint density at radius 1 is 1.33 bits per heavy atom. The molecule has 1 amide bonds. The van der Waals surface area contributed by atoms with Gasteiger partial charge in [-0.2, -0.15) is 0 Å². The number of nitrogens with zero attached hydrogens (tertiary/aromatic N) is 3. The Morgan fingerprint density at radius 3 is 2.61 bits per heavy atom. The molecule has 0 saturated carbocycles. The van der Waals surface area contributed by atoms with Crippen LogP contribution in [0.15, 0.2) is 46.8 Å². The lowest BCUT2D eigenvalue weighted by Crippen LogP contribution is -2.19. The molecule has 0 bridgehead atoms. The number of aromatic nitrogens is 1. The summed E-state index contributed by atoms with van der Waals surface area (Å²) in [5.41, 5.74) is 1.13. The zero-order valence-electron chi connectivity index (χ0n) is 17.9. The van der Waals surface area contributed by atoms with Crippen molar-refractivity contribution in [2.24, 2.45) is 12.0 Å². The van der Waals surface area contributed by atoms with Crippen molar-refractivity contribution in [3.8, 4) is 5.75 Å². The quantitative estimate of drug-likeness (QED) is 0.336. The van der Waals surface area contributed by atoms with Crippen LogP contribution < -0.4 is 14.9 Å². The SMILES string of the molecule is CC(C)Oc1cc(N=c2scc(CC(=O)Nc3ccc([N+](=O)[O-])cc3)n2C)c(F)cc1Cl.Cl. The van der Waals surface area contributed by atoms with E-state index < -0.39 is 10.7 Å². The van der Waals surface area contributed by atoms with Crippen LogP contribution in [0.2, 0.25) is 5.02 Å². The Labute approximate surface area is 204 Å². The average molecular weight is 515 g/mol. The third-order valence-corrected chi connectivity index (χ3v) is 5.56. The van der Waals surface area contributed by atoms with E-state index in [1.165, 1.54) is 41.7 Å². The third-order valence-electron chi connectivity index (χ3n) is 4.30. The second kappa shape index (κ2) is 11.3. The number of carbonyl (C=O) groups is 1. The molecule has 1 heterocycles. The van der Waals surface area contributed by atoms with Gasteiger partial charge in [0.1, 0.15) is 11.4 Å². The van der Waals surface area contributed by atoms with Crippen molar-refractivity contribution in [2.45, 2.75) is 26.4 Å². The number of non-ortho nitro benzene ring substituents is 1. The molecule has 0 fully saturated rings. The first kappa shape index (κ1) is 26.3. The first-order valence-electron chi connectivity index (χ1n) is 9.52. The summed E-state index contributed by atoms with van der Waals surface area (Å²) < 4.78 is 21.7. The maximum atomic E-state index is 14.4. The van der Waals surface area contributed by atoms with E-state index in [0.29, 0.717) is 21.9 Å². The molecule has 8 nitrogen and oxygen atoms in total. The highest BCUT2D eigenvalue weighted by Gasteiger charge is 2.13. The minimum absolute atomic E-state index is 0. The normalized spacial score (nSPS) is 11.3. The van der Waals surface area contributed by atoms with Gasteiger partial charge < -0.3 is 14.6 Å². The zero-order chi connectivity index (χ0) is 23.4. The van der Waals surface area contributed by atoms with Crippen LogP contribution in [0.4, 0.5) is 21.5 Å². The van der Waals surface area contributed by atoms with Crippen molar-refractivity contribution in [3.63, 3.8) is 0 Å². The number of hydrogen-bond acceptors (Lipinski definition) is 6. The van der Waals surface area contributed by atoms with Gasteiger partial charge >= 0.3 is 0 Å². The van der Waals surface area contributed by atoms with Crippen LogP contribution in [0.5, 0.6) is 5.75 Å². The molecule has 0 saturated heterocycles. The lowest BCUT2D eigenvalue weighted by Gasteiger charge is -2.12. The van der Waals surface area contributed by atoms with Crippen LogP contribution in [0.1, 0.15) is 19.5 Å². The fourth-order valence-corrected chi connectivity index (χ4v) is 3.86. The van der Waals surface area contributed by atoms with Crippen LogP contribution >= 0.6 is 35.3 Å². The molecule has 33 heavy (non-hydrogen) atoms. The summed E-state index contributed by atoms with van der Waals surface area (Å²) in [5, 5.41) is 15.3. The molecule has 0 spiro atoms. The fraction of sp³-hybridized carbons (Fsp3) is 0.238. The average Bonchev–Trinajstić information content (AvgIpc) is 3.05. The van der Waals surface area contributed by atoms with E-state index in [-0.39, 0.29) is 47.2 Å². The summed E-state index contributed by atoms with van der Waals surface area (Å²) in [6.45, 7) is 3.67. The molecule has 0 atom stereocenters. The molecule has 3 aromatic rings. The van der Waals surface area contributed by atoms with Crippen molar-refractivity contribution in [2.75, 3.05) is 5.32 Å². The molecule has 176 valence electrons. The molecule has 1 aromatic heterocycles. The molecule has 3 rings (SSSR count). The first-order chi connectivity index (χ1) is 15.1. The van der Waals surface area contributed by atoms with E-state index >= 15 is 0 Å². The van der Waals surface area contributed by atoms with Gasteiger partial charge in [0.15, 0.2) is 10.6 Å². The van der Waals surface area contributed by atoms with Gasteiger partial charge in [-0.1, -0.05) is 11.6 Å². The second-order valence-electron chi connectivity index (χ2n) is 7.11. The number of thiazole rings is 1. The molecule has 0 radical (unpaired) electrons. The van der Waals surface area contributed by atoms with E-state index in [2.05, 4.69) is 10.3 Å². The Bertz CT molecular complexity index is 1230. The molecule has 1 N–H and O–H groups in total. The molecule has 2 aromatic carbocycles. The highest BCUT2D eigenvalue weighted by molar-refractivity contribution is 7.07. The molecule has 0 aliphatic rings. The van der Waals surface area contributed by atoms with Crippen molar-refractivity contribution in [1.29, 1.82) is 0 Å². The molecule has 0 aliphatic carbocycles. The van der Waals surface area contributed by atoms with Crippen LogP contribution in [-0.4, -0.2) is 21.5 Å². The number of anilines is 1. The van der Waals surface area contributed by atoms with Gasteiger partial charge in [-0.3, -0.25) is 14.9 Å². The number of nitrogens with one attached hydrogen (secondary N) is 1. The predicted octanol–water partition coefficient (Wildman–Crippen LogP) is 5.41. The van der Waals surface area contributed by atoms with Crippen molar-refractivity contribution in [3.05, 3.63) is 73.2 Å². The number of amides is 1. The molecule has 0 unspecified atom stereocenters. The predicted molar refractivity (Wildman–Crippen MR) is 128 cm³/mol. The number of benzene rings is 2. The van der Waals surface area contributed by atoms with Gasteiger partial charge in [-0.15, -0.1) is 23.7 Å². The number of nitro groups is 1. The summed E-state index contributed by atoms with van der Waals surface area (Å²) in [5.74, 6) is -0.551. The number of halogens is 3. The highest BCUT2D eigenvalue weighted by Crippen LogP contribution is 2.32. The van der Waals surface area contributed by atoms with Crippen LogP contribution in [0, 0.1) is 15.9 Å². The Hall–Kier alpha value is -2.95. The van der Waals surface area contributed by atoms with E-state index in [1.807, 2.05) is 13.8 Å². The first-order valence-corrected chi connectivity index (χ1v) is 10.8. The van der Waals surface area contributed by atoms with Crippen LogP contribution in [-0.2, 0) is 18.3 Å². The topological polar surface area (TPSA) is 98.8 Å². The van der Waals surface area contributed by atoms with E-state index in [4.69, 9.17) is 16.3 Å². The van der Waals surface area contributed by atoms with Gasteiger partial charge in [-0.05, 0) is 32.0 Å². The van der Waals surface area contributed by atoms with Crippen molar-refractivity contribution >= 4 is 58.3 Å². The van der Waals surface area contributed by atoms with Crippen molar-refractivity contribution in [1.82, 2.24) is 4.57 Å². The third kappa shape index (κ3) is 6.77. The van der Waals surface area contributed by atoms with Gasteiger partial charge in [0.25, 0.3) is 5.69 Å². The minimum atomic E-state index is -0.586. The largest absolute Gasteiger partial charge is 0.489 e. The second-order valence-corrected chi connectivity index (χ2v) is 8.35. The van der Waals surface area contributed by atoms with E-state index in [1.54, 1.807) is 17.0 Å². The monoisotopic (exact) mass is 514 g/mol. The number of hydrogen-bond donors (Lipinski definition) is 1. The Kier molecular flexibility index (Phi) is 8.98. The van der Waals surface area contributed by atoms with E-state index in [0.717, 1.165) is 6.07 Å².